The molecule has 0 radical (unpaired) electrons. The van der Waals surface area contributed by atoms with Gasteiger partial charge in [-0.05, 0) is 24.1 Å². The van der Waals surface area contributed by atoms with Crippen molar-refractivity contribution < 1.29 is 19.5 Å². The highest BCUT2D eigenvalue weighted by molar-refractivity contribution is 9.10. The monoisotopic (exact) mass is 325 g/mol. The van der Waals surface area contributed by atoms with Crippen LogP contribution in [0, 0.1) is 5.92 Å². The third-order valence-corrected chi connectivity index (χ3v) is 3.47. The van der Waals surface area contributed by atoms with Gasteiger partial charge in [0.15, 0.2) is 0 Å². The van der Waals surface area contributed by atoms with Crippen molar-refractivity contribution >= 4 is 39.4 Å². The number of anilines is 1. The summed E-state index contributed by atoms with van der Waals surface area (Å²) in [6.07, 6.45) is 0.495. The Morgan fingerprint density at radius 1 is 1.32 bits per heavy atom. The van der Waals surface area contributed by atoms with Gasteiger partial charge < -0.3 is 5.11 Å². The van der Waals surface area contributed by atoms with Crippen LogP contribution in [0.2, 0.25) is 0 Å². The first-order valence-corrected chi connectivity index (χ1v) is 6.58. The number of carboxylic acid groups (broad SMARTS) is 1. The predicted molar refractivity (Wildman–Crippen MR) is 72.0 cm³/mol. The number of carboxylic acids is 1. The zero-order valence-corrected chi connectivity index (χ0v) is 11.8. The molecule has 6 heteroatoms. The zero-order valence-electron chi connectivity index (χ0n) is 10.2. The molecule has 1 aromatic carbocycles. The van der Waals surface area contributed by atoms with Gasteiger partial charge in [0.1, 0.15) is 0 Å². The van der Waals surface area contributed by atoms with Crippen molar-refractivity contribution in [3.8, 4) is 0 Å². The first kappa shape index (κ1) is 13.7. The summed E-state index contributed by atoms with van der Waals surface area (Å²) in [5.74, 6) is -1.88. The summed E-state index contributed by atoms with van der Waals surface area (Å²) in [7, 11) is 0. The fraction of sp³-hybridized carbons (Fsp3) is 0.308. The molecule has 1 N–H and O–H groups in total. The minimum Gasteiger partial charge on any atom is -0.478 e. The third kappa shape index (κ3) is 2.68. The van der Waals surface area contributed by atoms with E-state index in [4.69, 9.17) is 5.11 Å². The number of piperidine rings is 1. The molecule has 0 bridgehead atoms. The zero-order chi connectivity index (χ0) is 14.2. The fourth-order valence-electron chi connectivity index (χ4n) is 2.13. The summed E-state index contributed by atoms with van der Waals surface area (Å²) in [5.41, 5.74) is 0.0724. The van der Waals surface area contributed by atoms with E-state index in [-0.39, 0.29) is 41.8 Å². The van der Waals surface area contributed by atoms with Gasteiger partial charge >= 0.3 is 5.97 Å². The van der Waals surface area contributed by atoms with Crippen LogP contribution in [0.1, 0.15) is 30.1 Å². The molecule has 100 valence electrons. The Kier molecular flexibility index (Phi) is 3.71. The van der Waals surface area contributed by atoms with Crippen molar-refractivity contribution in [2.45, 2.75) is 19.8 Å². The van der Waals surface area contributed by atoms with E-state index in [2.05, 4.69) is 15.9 Å². The molecule has 0 unspecified atom stereocenters. The van der Waals surface area contributed by atoms with Gasteiger partial charge in [-0.25, -0.2) is 9.69 Å². The van der Waals surface area contributed by atoms with E-state index in [0.29, 0.717) is 4.47 Å². The van der Waals surface area contributed by atoms with Crippen molar-refractivity contribution in [1.82, 2.24) is 0 Å². The lowest BCUT2D eigenvalue weighted by Gasteiger charge is -2.29. The topological polar surface area (TPSA) is 74.7 Å². The number of rotatable bonds is 2. The summed E-state index contributed by atoms with van der Waals surface area (Å²) in [6, 6.07) is 4.42. The van der Waals surface area contributed by atoms with Gasteiger partial charge in [0.2, 0.25) is 11.8 Å². The molecule has 2 rings (SSSR count). The van der Waals surface area contributed by atoms with Crippen LogP contribution in [-0.2, 0) is 9.59 Å². The van der Waals surface area contributed by atoms with Crippen LogP contribution >= 0.6 is 15.9 Å². The third-order valence-electron chi connectivity index (χ3n) is 2.98. The second kappa shape index (κ2) is 5.13. The quantitative estimate of drug-likeness (QED) is 0.847. The van der Waals surface area contributed by atoms with Crippen molar-refractivity contribution in [1.29, 1.82) is 0 Å². The highest BCUT2D eigenvalue weighted by Crippen LogP contribution is 2.30. The molecule has 1 heterocycles. The summed E-state index contributed by atoms with van der Waals surface area (Å²) in [6.45, 7) is 1.83. The molecule has 19 heavy (non-hydrogen) atoms. The van der Waals surface area contributed by atoms with E-state index >= 15 is 0 Å². The summed E-state index contributed by atoms with van der Waals surface area (Å²) >= 11 is 3.22. The van der Waals surface area contributed by atoms with Gasteiger partial charge in [0, 0.05) is 17.3 Å². The smallest absolute Gasteiger partial charge is 0.337 e. The molecule has 5 nitrogen and oxygen atoms in total. The Morgan fingerprint density at radius 3 is 2.42 bits per heavy atom. The molecule has 1 aliphatic rings. The molecule has 1 fully saturated rings. The molecule has 2 amide bonds. The molecule has 0 aromatic heterocycles. The first-order chi connectivity index (χ1) is 8.90. The number of halogens is 1. The van der Waals surface area contributed by atoms with Crippen molar-refractivity contribution in [2.24, 2.45) is 5.92 Å². The second-order valence-electron chi connectivity index (χ2n) is 4.60. The number of benzene rings is 1. The Labute approximate surface area is 118 Å². The van der Waals surface area contributed by atoms with Crippen LogP contribution in [0.4, 0.5) is 5.69 Å². The number of aromatic carboxylic acids is 1. The van der Waals surface area contributed by atoms with Gasteiger partial charge in [-0.15, -0.1) is 0 Å². The average Bonchev–Trinajstić information content (AvgIpc) is 2.27. The number of carbonyl (C=O) groups excluding carboxylic acids is 2. The number of nitrogens with zero attached hydrogens (tertiary/aromatic N) is 1. The van der Waals surface area contributed by atoms with Crippen LogP contribution in [0.15, 0.2) is 22.7 Å². The minimum atomic E-state index is -1.17. The van der Waals surface area contributed by atoms with E-state index in [9.17, 15) is 14.4 Å². The number of amides is 2. The van der Waals surface area contributed by atoms with Gasteiger partial charge in [-0.3, -0.25) is 9.59 Å². The predicted octanol–water partition coefficient (Wildman–Crippen LogP) is 2.44. The highest BCUT2D eigenvalue weighted by atomic mass is 79.9. The summed E-state index contributed by atoms with van der Waals surface area (Å²) in [5, 5.41) is 9.15. The normalized spacial score (nSPS) is 16.8. The summed E-state index contributed by atoms with van der Waals surface area (Å²) in [4.78, 5) is 36.2. The van der Waals surface area contributed by atoms with Gasteiger partial charge in [-0.2, -0.15) is 0 Å². The van der Waals surface area contributed by atoms with Crippen LogP contribution in [0.5, 0.6) is 0 Å². The average molecular weight is 326 g/mol. The minimum absolute atomic E-state index is 0.00307. The van der Waals surface area contributed by atoms with E-state index in [1.54, 1.807) is 6.07 Å². The second-order valence-corrected chi connectivity index (χ2v) is 5.52. The largest absolute Gasteiger partial charge is 0.478 e. The Bertz CT molecular complexity index is 552. The Hall–Kier alpha value is -1.69. The number of hydrogen-bond donors (Lipinski definition) is 1. The van der Waals surface area contributed by atoms with Gasteiger partial charge in [0.05, 0.1) is 11.3 Å². The standard InChI is InChI=1S/C13H12BrNO4/c1-7-4-11(16)15(12(17)5-7)10-6-8(14)2-3-9(10)13(18)19/h2-3,6-7H,4-5H2,1H3,(H,18,19). The lowest BCUT2D eigenvalue weighted by molar-refractivity contribution is -0.130. The molecule has 0 atom stereocenters. The molecule has 0 saturated carbocycles. The van der Waals surface area contributed by atoms with Crippen LogP contribution in [0.25, 0.3) is 0 Å². The summed E-state index contributed by atoms with van der Waals surface area (Å²) < 4.78 is 0.617. The van der Waals surface area contributed by atoms with E-state index in [1.807, 2.05) is 6.92 Å². The molecular formula is C13H12BrNO4. The maximum Gasteiger partial charge on any atom is 0.337 e. The highest BCUT2D eigenvalue weighted by Gasteiger charge is 2.33. The molecule has 1 aliphatic heterocycles. The SMILES string of the molecule is CC1CC(=O)N(c2cc(Br)ccc2C(=O)O)C(=O)C1. The Balaban J connectivity index is 2.51. The number of imide groups is 1. The van der Waals surface area contributed by atoms with Crippen molar-refractivity contribution in [3.05, 3.63) is 28.2 Å². The molecule has 1 aromatic rings. The van der Waals surface area contributed by atoms with Crippen molar-refractivity contribution in [3.63, 3.8) is 0 Å². The fourth-order valence-corrected chi connectivity index (χ4v) is 2.48. The molecule has 0 aliphatic carbocycles. The first-order valence-electron chi connectivity index (χ1n) is 5.78. The molecular weight excluding hydrogens is 314 g/mol. The van der Waals surface area contributed by atoms with E-state index in [1.165, 1.54) is 12.1 Å². The Morgan fingerprint density at radius 2 is 1.89 bits per heavy atom. The van der Waals surface area contributed by atoms with E-state index in [0.717, 1.165) is 4.90 Å². The maximum absolute atomic E-state index is 12.0. The van der Waals surface area contributed by atoms with Gasteiger partial charge in [-0.1, -0.05) is 22.9 Å². The van der Waals surface area contributed by atoms with Gasteiger partial charge in [0.25, 0.3) is 0 Å². The molecule has 0 spiro atoms. The number of carbonyl (C=O) groups is 3. The van der Waals surface area contributed by atoms with Crippen LogP contribution in [0.3, 0.4) is 0 Å². The molecule has 1 saturated heterocycles. The lowest BCUT2D eigenvalue weighted by Crippen LogP contribution is -2.43. The van der Waals surface area contributed by atoms with Crippen molar-refractivity contribution in [2.75, 3.05) is 4.90 Å². The van der Waals surface area contributed by atoms with Crippen LogP contribution in [-0.4, -0.2) is 22.9 Å². The maximum atomic E-state index is 12.0. The number of hydrogen-bond acceptors (Lipinski definition) is 3. The lowest BCUT2D eigenvalue weighted by atomic mass is 9.96. The van der Waals surface area contributed by atoms with E-state index < -0.39 is 5.97 Å². The van der Waals surface area contributed by atoms with Crippen LogP contribution < -0.4 is 4.90 Å².